The predicted molar refractivity (Wildman–Crippen MR) is 283 cm³/mol. The third-order valence-corrected chi connectivity index (χ3v) is 9.70. The molecule has 364 valence electrons. The largest absolute Gasteiger partial charge is 0.462 e. The molecule has 1 unspecified atom stereocenters. The highest BCUT2D eigenvalue weighted by Gasteiger charge is 2.19. The summed E-state index contributed by atoms with van der Waals surface area (Å²) in [5, 5.41) is 0. The van der Waals surface area contributed by atoms with Crippen molar-refractivity contribution in [2.45, 2.75) is 175 Å². The lowest BCUT2D eigenvalue weighted by molar-refractivity contribution is -0.167. The summed E-state index contributed by atoms with van der Waals surface area (Å²) >= 11 is 0. The monoisotopic (exact) mass is 905 g/mol. The Morgan fingerprint density at radius 1 is 0.318 bits per heavy atom. The maximum Gasteiger partial charge on any atom is 0.306 e. The van der Waals surface area contributed by atoms with Gasteiger partial charge in [-0.1, -0.05) is 223 Å². The van der Waals surface area contributed by atoms with Gasteiger partial charge in [0.15, 0.2) is 6.10 Å². The molecule has 0 saturated carbocycles. The molecule has 0 aliphatic carbocycles. The Labute approximate surface area is 402 Å². The molecule has 66 heavy (non-hydrogen) atoms. The first kappa shape index (κ1) is 60.8. The average Bonchev–Trinajstić information content (AvgIpc) is 3.31. The molecule has 6 heteroatoms. The molecule has 1 atom stereocenters. The zero-order chi connectivity index (χ0) is 47.9. The molecule has 0 bridgehead atoms. The van der Waals surface area contributed by atoms with Crippen LogP contribution in [0.5, 0.6) is 0 Å². The fourth-order valence-electron chi connectivity index (χ4n) is 6.00. The second kappa shape index (κ2) is 52.4. The number of unbranched alkanes of at least 4 members (excludes halogenated alkanes) is 11. The number of esters is 3. The molecule has 6 nitrogen and oxygen atoms in total. The minimum Gasteiger partial charge on any atom is -0.462 e. The van der Waals surface area contributed by atoms with Crippen molar-refractivity contribution in [1.82, 2.24) is 0 Å². The molecular weight excluding hydrogens is 817 g/mol. The molecule has 0 N–H and O–H groups in total. The van der Waals surface area contributed by atoms with Crippen molar-refractivity contribution in [3.05, 3.63) is 170 Å². The number of carbonyl (C=O) groups excluding carboxylic acids is 3. The molecule has 0 rings (SSSR count). The second-order valence-electron chi connectivity index (χ2n) is 15.8. The normalized spacial score (nSPS) is 13.6. The molecule has 0 saturated heterocycles. The van der Waals surface area contributed by atoms with Crippen molar-refractivity contribution in [3.8, 4) is 0 Å². The van der Waals surface area contributed by atoms with Crippen molar-refractivity contribution >= 4 is 17.9 Å². The Kier molecular flexibility index (Phi) is 48.2. The van der Waals surface area contributed by atoms with Crippen LogP contribution in [-0.4, -0.2) is 37.2 Å². The summed E-state index contributed by atoms with van der Waals surface area (Å²) in [6.45, 7) is 6.12. The minimum atomic E-state index is -0.833. The predicted octanol–water partition coefficient (Wildman–Crippen LogP) is 16.8. The molecule has 0 heterocycles. The van der Waals surface area contributed by atoms with Gasteiger partial charge in [-0.2, -0.15) is 0 Å². The number of ether oxygens (including phenoxy) is 3. The van der Waals surface area contributed by atoms with E-state index in [1.54, 1.807) is 0 Å². The van der Waals surface area contributed by atoms with Crippen LogP contribution in [0.15, 0.2) is 170 Å². The topological polar surface area (TPSA) is 78.9 Å². The van der Waals surface area contributed by atoms with E-state index in [-0.39, 0.29) is 44.0 Å². The summed E-state index contributed by atoms with van der Waals surface area (Å²) in [5.41, 5.74) is 0. The van der Waals surface area contributed by atoms with Crippen LogP contribution in [0.4, 0.5) is 0 Å². The lowest BCUT2D eigenvalue weighted by Crippen LogP contribution is -2.30. The summed E-state index contributed by atoms with van der Waals surface area (Å²) < 4.78 is 16.7. The lowest BCUT2D eigenvalue weighted by atomic mass is 10.1. The van der Waals surface area contributed by atoms with Crippen LogP contribution in [0.3, 0.4) is 0 Å². The zero-order valence-corrected chi connectivity index (χ0v) is 41.4. The Morgan fingerprint density at radius 2 is 0.621 bits per heavy atom. The first-order chi connectivity index (χ1) is 32.5. The molecule has 0 aromatic carbocycles. The molecule has 0 spiro atoms. The van der Waals surface area contributed by atoms with Crippen LogP contribution >= 0.6 is 0 Å². The molecule has 0 amide bonds. The van der Waals surface area contributed by atoms with E-state index in [0.29, 0.717) is 19.3 Å². The van der Waals surface area contributed by atoms with Gasteiger partial charge in [0.1, 0.15) is 13.2 Å². The number of rotatable bonds is 42. The fourth-order valence-corrected chi connectivity index (χ4v) is 6.00. The molecule has 0 aliphatic heterocycles. The number of allylic oxidation sites excluding steroid dienone is 28. The fraction of sp³-hybridized carbons (Fsp3) is 0.483. The van der Waals surface area contributed by atoms with Gasteiger partial charge in [-0.25, -0.2) is 0 Å². The van der Waals surface area contributed by atoms with Crippen LogP contribution in [0, 0.1) is 0 Å². The zero-order valence-electron chi connectivity index (χ0n) is 41.4. The molecule has 0 radical (unpaired) electrons. The van der Waals surface area contributed by atoms with Crippen molar-refractivity contribution in [3.63, 3.8) is 0 Å². The van der Waals surface area contributed by atoms with Crippen molar-refractivity contribution in [1.29, 1.82) is 0 Å². The van der Waals surface area contributed by atoms with E-state index in [9.17, 15) is 14.4 Å². The van der Waals surface area contributed by atoms with Crippen LogP contribution in [0.2, 0.25) is 0 Å². The quantitative estimate of drug-likeness (QED) is 0.0200. The Morgan fingerprint density at radius 3 is 1.05 bits per heavy atom. The van der Waals surface area contributed by atoms with E-state index in [4.69, 9.17) is 14.2 Å². The first-order valence-corrected chi connectivity index (χ1v) is 25.3. The van der Waals surface area contributed by atoms with Crippen molar-refractivity contribution in [2.24, 2.45) is 0 Å². The van der Waals surface area contributed by atoms with Gasteiger partial charge in [-0.05, 0) is 96.3 Å². The van der Waals surface area contributed by atoms with Gasteiger partial charge in [-0.3, -0.25) is 14.4 Å². The van der Waals surface area contributed by atoms with Gasteiger partial charge in [0.25, 0.3) is 0 Å². The second-order valence-corrected chi connectivity index (χ2v) is 15.8. The summed E-state index contributed by atoms with van der Waals surface area (Å²) in [6, 6.07) is 0. The van der Waals surface area contributed by atoms with Crippen molar-refractivity contribution in [2.75, 3.05) is 13.2 Å². The number of hydrogen-bond donors (Lipinski definition) is 0. The molecular formula is C60H88O6. The highest BCUT2D eigenvalue weighted by Crippen LogP contribution is 2.11. The van der Waals surface area contributed by atoms with E-state index >= 15 is 0 Å². The van der Waals surface area contributed by atoms with E-state index < -0.39 is 6.10 Å². The SMILES string of the molecule is CC\C=C/C=C\C=C/C=C\C=C\C=C/CCCCCC(=O)OCC(COC(=O)CCCCCCC\C=C/C=C\C=C/C=C\CC)OC(=O)CCCCC/C=C\C/C=C\C/C=C\C/C=C\CC. The first-order valence-electron chi connectivity index (χ1n) is 25.3. The van der Waals surface area contributed by atoms with E-state index in [1.165, 1.54) is 0 Å². The van der Waals surface area contributed by atoms with Gasteiger partial charge in [-0.15, -0.1) is 0 Å². The smallest absolute Gasteiger partial charge is 0.306 e. The molecule has 0 fully saturated rings. The molecule has 0 aliphatic rings. The third kappa shape index (κ3) is 49.8. The number of carbonyl (C=O) groups is 3. The van der Waals surface area contributed by atoms with Gasteiger partial charge in [0.05, 0.1) is 0 Å². The van der Waals surface area contributed by atoms with Gasteiger partial charge in [0, 0.05) is 19.3 Å². The van der Waals surface area contributed by atoms with Gasteiger partial charge < -0.3 is 14.2 Å². The summed E-state index contributed by atoms with van der Waals surface area (Å²) in [4.78, 5) is 38.0. The third-order valence-electron chi connectivity index (χ3n) is 9.70. The number of hydrogen-bond acceptors (Lipinski definition) is 6. The van der Waals surface area contributed by atoms with Gasteiger partial charge >= 0.3 is 17.9 Å². The van der Waals surface area contributed by atoms with E-state index in [0.717, 1.165) is 116 Å². The minimum absolute atomic E-state index is 0.128. The maximum atomic E-state index is 12.8. The summed E-state index contributed by atoms with van der Waals surface area (Å²) in [6.07, 6.45) is 77.5. The van der Waals surface area contributed by atoms with Crippen molar-refractivity contribution < 1.29 is 28.6 Å². The van der Waals surface area contributed by atoms with E-state index in [2.05, 4.69) is 106 Å². The Balaban J connectivity index is 4.63. The lowest BCUT2D eigenvalue weighted by Gasteiger charge is -2.18. The van der Waals surface area contributed by atoms with Crippen LogP contribution < -0.4 is 0 Å². The van der Waals surface area contributed by atoms with Crippen LogP contribution in [-0.2, 0) is 28.6 Å². The van der Waals surface area contributed by atoms with E-state index in [1.807, 2.05) is 85.1 Å². The molecule has 0 aromatic heterocycles. The molecule has 0 aromatic rings. The van der Waals surface area contributed by atoms with Gasteiger partial charge in [0.2, 0.25) is 0 Å². The Bertz CT molecular complexity index is 1600. The highest BCUT2D eigenvalue weighted by molar-refractivity contribution is 5.71. The summed E-state index contributed by atoms with van der Waals surface area (Å²) in [7, 11) is 0. The van der Waals surface area contributed by atoms with Crippen LogP contribution in [0.25, 0.3) is 0 Å². The Hall–Kier alpha value is -5.23. The van der Waals surface area contributed by atoms with Crippen LogP contribution in [0.1, 0.15) is 168 Å². The standard InChI is InChI=1S/C60H88O6/c1-4-7-10-13-16-19-22-25-28-30-33-35-38-41-44-47-50-53-59(62)65-56-57(55-64-58(61)52-49-46-43-40-37-34-31-27-24-21-18-15-12-9-6-3)66-60(63)54-51-48-45-42-39-36-32-29-26-23-20-17-14-11-8-5-2/h7-13,15-22,24-31,33,35-36,38-39,57H,4-6,14,23,32,34,37,40-56H2,1-3H3/b10-7-,11-8-,12-9-,16-13-,18-15-,20-17-,22-19-,24-21-,28-25-,29-26-,31-27-,33-30+,38-35-,39-36-. The highest BCUT2D eigenvalue weighted by atomic mass is 16.6. The summed E-state index contributed by atoms with van der Waals surface area (Å²) in [5.74, 6) is -1.04. The maximum absolute atomic E-state index is 12.8. The average molecular weight is 905 g/mol.